The predicted octanol–water partition coefficient (Wildman–Crippen LogP) is 4.76. The molecule has 0 fully saturated rings. The highest BCUT2D eigenvalue weighted by molar-refractivity contribution is 6.17. The van der Waals surface area contributed by atoms with Crippen LogP contribution in [0.15, 0.2) is 47.3 Å². The first kappa shape index (κ1) is 13.9. The van der Waals surface area contributed by atoms with Crippen molar-refractivity contribution in [1.82, 2.24) is 9.38 Å². The number of imidazole rings is 1. The SMILES string of the molecule is [C-]#[N+]c1ccc2nc3c4ccc(C)c5c(C)ccc(c(=O)n3c2c1)c54. The fraction of sp³-hybridized carbons (Fsp3) is 0.0952. The number of rotatable bonds is 0. The van der Waals surface area contributed by atoms with Gasteiger partial charge in [0.15, 0.2) is 5.69 Å². The van der Waals surface area contributed by atoms with Crippen molar-refractivity contribution < 1.29 is 0 Å². The maximum absolute atomic E-state index is 13.2. The lowest BCUT2D eigenvalue weighted by molar-refractivity contribution is 1.19. The van der Waals surface area contributed by atoms with Crippen LogP contribution in [0.2, 0.25) is 0 Å². The van der Waals surface area contributed by atoms with Crippen LogP contribution in [0.4, 0.5) is 5.69 Å². The van der Waals surface area contributed by atoms with Gasteiger partial charge >= 0.3 is 0 Å². The fourth-order valence-electron chi connectivity index (χ4n) is 3.87. The molecular formula is C21H13N3O. The quantitative estimate of drug-likeness (QED) is 0.385. The molecule has 4 heteroatoms. The lowest BCUT2D eigenvalue weighted by Gasteiger charge is -2.11. The van der Waals surface area contributed by atoms with Crippen molar-refractivity contribution in [2.24, 2.45) is 0 Å². The maximum Gasteiger partial charge on any atom is 0.264 e. The van der Waals surface area contributed by atoms with E-state index in [1.54, 1.807) is 16.5 Å². The first-order valence-corrected chi connectivity index (χ1v) is 8.08. The number of aromatic nitrogens is 2. The van der Waals surface area contributed by atoms with E-state index in [4.69, 9.17) is 11.6 Å². The number of pyridine rings is 1. The Kier molecular flexibility index (Phi) is 2.54. The Hall–Kier alpha value is -3.45. The second-order valence-corrected chi connectivity index (χ2v) is 6.47. The average Bonchev–Trinajstić information content (AvgIpc) is 3.00. The molecule has 0 unspecified atom stereocenters. The van der Waals surface area contributed by atoms with E-state index >= 15 is 0 Å². The van der Waals surface area contributed by atoms with Gasteiger partial charge in [-0.25, -0.2) is 9.83 Å². The Balaban J connectivity index is 2.18. The van der Waals surface area contributed by atoms with Crippen molar-refractivity contribution in [3.63, 3.8) is 0 Å². The van der Waals surface area contributed by atoms with Crippen LogP contribution in [0.3, 0.4) is 0 Å². The zero-order valence-electron chi connectivity index (χ0n) is 13.8. The number of nitrogens with zero attached hydrogens (tertiary/aromatic N) is 3. The summed E-state index contributed by atoms with van der Waals surface area (Å²) >= 11 is 0. The first-order valence-electron chi connectivity index (χ1n) is 8.08. The minimum atomic E-state index is -0.0808. The number of hydrogen-bond acceptors (Lipinski definition) is 2. The van der Waals surface area contributed by atoms with E-state index in [0.717, 1.165) is 32.8 Å². The van der Waals surface area contributed by atoms with Crippen LogP contribution in [0.5, 0.6) is 0 Å². The van der Waals surface area contributed by atoms with Gasteiger partial charge in [0.05, 0.1) is 17.6 Å². The third kappa shape index (κ3) is 1.65. The highest BCUT2D eigenvalue weighted by Crippen LogP contribution is 2.33. The van der Waals surface area contributed by atoms with Crippen LogP contribution in [-0.4, -0.2) is 9.38 Å². The van der Waals surface area contributed by atoms with Crippen molar-refractivity contribution in [2.75, 3.05) is 0 Å². The van der Waals surface area contributed by atoms with Crippen LogP contribution < -0.4 is 5.56 Å². The molecule has 0 aliphatic heterocycles. The molecule has 0 aliphatic rings. The predicted molar refractivity (Wildman–Crippen MR) is 101 cm³/mol. The summed E-state index contributed by atoms with van der Waals surface area (Å²) in [5.74, 6) is 0. The molecule has 2 heterocycles. The summed E-state index contributed by atoms with van der Waals surface area (Å²) in [4.78, 5) is 21.4. The summed E-state index contributed by atoms with van der Waals surface area (Å²) in [5, 5.41) is 3.78. The molecule has 0 bridgehead atoms. The summed E-state index contributed by atoms with van der Waals surface area (Å²) in [6.45, 7) is 11.4. The normalized spacial score (nSPS) is 11.7. The van der Waals surface area contributed by atoms with Gasteiger partial charge in [-0.3, -0.25) is 9.20 Å². The van der Waals surface area contributed by atoms with E-state index in [-0.39, 0.29) is 5.56 Å². The van der Waals surface area contributed by atoms with Gasteiger partial charge in [-0.1, -0.05) is 24.3 Å². The summed E-state index contributed by atoms with van der Waals surface area (Å²) in [5.41, 5.74) is 4.82. The molecule has 118 valence electrons. The van der Waals surface area contributed by atoms with Crippen molar-refractivity contribution >= 4 is 43.9 Å². The monoisotopic (exact) mass is 323 g/mol. The summed E-state index contributed by atoms with van der Waals surface area (Å²) in [6.07, 6.45) is 0. The van der Waals surface area contributed by atoms with E-state index in [2.05, 4.69) is 24.8 Å². The van der Waals surface area contributed by atoms with Gasteiger partial charge in [-0.05, 0) is 48.6 Å². The molecule has 0 N–H and O–H groups in total. The van der Waals surface area contributed by atoms with Crippen molar-refractivity contribution in [1.29, 1.82) is 0 Å². The largest absolute Gasteiger partial charge is 0.268 e. The van der Waals surface area contributed by atoms with E-state index < -0.39 is 0 Å². The van der Waals surface area contributed by atoms with Gasteiger partial charge < -0.3 is 0 Å². The summed E-state index contributed by atoms with van der Waals surface area (Å²) < 4.78 is 1.64. The Bertz CT molecular complexity index is 1430. The zero-order valence-corrected chi connectivity index (χ0v) is 13.8. The lowest BCUT2D eigenvalue weighted by atomic mass is 9.95. The van der Waals surface area contributed by atoms with E-state index in [0.29, 0.717) is 22.2 Å². The van der Waals surface area contributed by atoms with Gasteiger partial charge in [0.2, 0.25) is 0 Å². The number of hydrogen-bond donors (Lipinski definition) is 0. The topological polar surface area (TPSA) is 38.7 Å². The van der Waals surface area contributed by atoms with Gasteiger partial charge in [0, 0.05) is 16.2 Å². The maximum atomic E-state index is 13.2. The molecule has 0 atom stereocenters. The van der Waals surface area contributed by atoms with Crippen LogP contribution >= 0.6 is 0 Å². The highest BCUT2D eigenvalue weighted by atomic mass is 16.1. The van der Waals surface area contributed by atoms with Crippen LogP contribution in [-0.2, 0) is 0 Å². The zero-order chi connectivity index (χ0) is 17.3. The van der Waals surface area contributed by atoms with E-state index in [1.165, 1.54) is 0 Å². The molecule has 4 nitrogen and oxygen atoms in total. The molecule has 2 aromatic heterocycles. The molecule has 0 radical (unpaired) electrons. The third-order valence-corrected chi connectivity index (χ3v) is 5.02. The van der Waals surface area contributed by atoms with Crippen LogP contribution in [0.1, 0.15) is 11.1 Å². The summed E-state index contributed by atoms with van der Waals surface area (Å²) in [6, 6.07) is 13.3. The van der Waals surface area contributed by atoms with Crippen molar-refractivity contribution in [3.8, 4) is 0 Å². The molecular weight excluding hydrogens is 310 g/mol. The lowest BCUT2D eigenvalue weighted by Crippen LogP contribution is -2.13. The number of fused-ring (bicyclic) bond motifs is 4. The molecule has 5 aromatic rings. The minimum Gasteiger partial charge on any atom is -0.268 e. The Morgan fingerprint density at radius 2 is 1.68 bits per heavy atom. The molecule has 0 spiro atoms. The molecule has 3 aromatic carbocycles. The Morgan fingerprint density at radius 1 is 0.960 bits per heavy atom. The van der Waals surface area contributed by atoms with E-state index in [1.807, 2.05) is 24.3 Å². The van der Waals surface area contributed by atoms with Gasteiger partial charge in [0.1, 0.15) is 5.65 Å². The highest BCUT2D eigenvalue weighted by Gasteiger charge is 2.17. The fourth-order valence-corrected chi connectivity index (χ4v) is 3.87. The number of aryl methyl sites for hydroxylation is 2. The molecule has 0 saturated carbocycles. The molecule has 25 heavy (non-hydrogen) atoms. The summed E-state index contributed by atoms with van der Waals surface area (Å²) in [7, 11) is 0. The smallest absolute Gasteiger partial charge is 0.264 e. The third-order valence-electron chi connectivity index (χ3n) is 5.02. The van der Waals surface area contributed by atoms with Crippen molar-refractivity contribution in [2.45, 2.75) is 13.8 Å². The van der Waals surface area contributed by atoms with Crippen molar-refractivity contribution in [3.05, 3.63) is 75.4 Å². The molecule has 0 saturated heterocycles. The Morgan fingerprint density at radius 3 is 2.40 bits per heavy atom. The number of benzene rings is 3. The van der Waals surface area contributed by atoms with Gasteiger partial charge in [0.25, 0.3) is 5.56 Å². The second kappa shape index (κ2) is 4.55. The van der Waals surface area contributed by atoms with Crippen LogP contribution in [0.25, 0.3) is 43.1 Å². The van der Waals surface area contributed by atoms with Crippen LogP contribution in [0, 0.1) is 20.4 Å². The van der Waals surface area contributed by atoms with Gasteiger partial charge in [-0.15, -0.1) is 0 Å². The molecule has 0 amide bonds. The van der Waals surface area contributed by atoms with Gasteiger partial charge in [-0.2, -0.15) is 0 Å². The standard InChI is InChI=1S/C21H13N3O/c1-11-4-7-14-19-15(8-5-12(2)18(11)19)21(25)24-17-10-13(22-3)6-9-16(17)23-20(14)24/h4-10H,1-2H3. The first-order chi connectivity index (χ1) is 12.1. The minimum absolute atomic E-state index is 0.0808. The average molecular weight is 323 g/mol. The van der Waals surface area contributed by atoms with E-state index in [9.17, 15) is 4.79 Å². The Labute approximate surface area is 143 Å². The second-order valence-electron chi connectivity index (χ2n) is 6.47. The molecule has 0 aliphatic carbocycles. The molecule has 5 rings (SSSR count).